The lowest BCUT2D eigenvalue weighted by molar-refractivity contribution is -0.115. The maximum Gasteiger partial charge on any atom is 0.228 e. The fourth-order valence-electron chi connectivity index (χ4n) is 1.96. The van der Waals surface area contributed by atoms with Gasteiger partial charge in [0.2, 0.25) is 5.91 Å². The molecule has 1 aromatic carbocycles. The predicted octanol–water partition coefficient (Wildman–Crippen LogP) is 1.96. The van der Waals surface area contributed by atoms with Gasteiger partial charge in [0.15, 0.2) is 0 Å². The Morgan fingerprint density at radius 2 is 2.20 bits per heavy atom. The van der Waals surface area contributed by atoms with Crippen LogP contribution in [0.4, 0.5) is 11.4 Å². The zero-order valence-electron chi connectivity index (χ0n) is 9.13. The molecule has 0 bridgehead atoms. The number of rotatable bonds is 2. The van der Waals surface area contributed by atoms with Crippen LogP contribution in [0.3, 0.4) is 0 Å². The Morgan fingerprint density at radius 3 is 2.87 bits per heavy atom. The van der Waals surface area contributed by atoms with Gasteiger partial charge in [-0.25, -0.2) is 0 Å². The molecule has 1 aliphatic heterocycles. The Labute approximate surface area is 89.7 Å². The first-order chi connectivity index (χ1) is 7.06. The van der Waals surface area contributed by atoms with Crippen LogP contribution in [0, 0.1) is 5.92 Å². The highest BCUT2D eigenvalue weighted by molar-refractivity contribution is 5.99. The highest BCUT2D eigenvalue weighted by Crippen LogP contribution is 2.29. The van der Waals surface area contributed by atoms with E-state index < -0.39 is 0 Å². The molecule has 1 aliphatic rings. The van der Waals surface area contributed by atoms with Gasteiger partial charge in [-0.3, -0.25) is 4.79 Å². The number of nitrogens with two attached hydrogens (primary N) is 1. The molecule has 0 unspecified atom stereocenters. The maximum atomic E-state index is 11.2. The van der Waals surface area contributed by atoms with Crippen molar-refractivity contribution in [3.05, 3.63) is 23.3 Å². The Kier molecular flexibility index (Phi) is 2.39. The Morgan fingerprint density at radius 1 is 1.47 bits per heavy atom. The van der Waals surface area contributed by atoms with Crippen LogP contribution in [-0.2, 0) is 17.6 Å². The van der Waals surface area contributed by atoms with Gasteiger partial charge >= 0.3 is 0 Å². The van der Waals surface area contributed by atoms with Crippen molar-refractivity contribution in [3.8, 4) is 0 Å². The molecule has 0 fully saturated rings. The van der Waals surface area contributed by atoms with E-state index in [1.54, 1.807) is 0 Å². The van der Waals surface area contributed by atoms with Gasteiger partial charge in [-0.15, -0.1) is 0 Å². The molecule has 0 aliphatic carbocycles. The van der Waals surface area contributed by atoms with Crippen molar-refractivity contribution in [2.24, 2.45) is 5.92 Å². The van der Waals surface area contributed by atoms with E-state index in [-0.39, 0.29) is 5.91 Å². The molecule has 0 saturated heterocycles. The van der Waals surface area contributed by atoms with Crippen molar-refractivity contribution in [2.75, 3.05) is 11.1 Å². The zero-order chi connectivity index (χ0) is 11.0. The third kappa shape index (κ3) is 1.96. The lowest BCUT2D eigenvalue weighted by Crippen LogP contribution is -2.04. The number of nitrogens with one attached hydrogen (secondary N) is 1. The van der Waals surface area contributed by atoms with Crippen LogP contribution in [0.15, 0.2) is 12.1 Å². The highest BCUT2D eigenvalue weighted by atomic mass is 16.1. The van der Waals surface area contributed by atoms with Gasteiger partial charge < -0.3 is 11.1 Å². The summed E-state index contributed by atoms with van der Waals surface area (Å²) in [6.45, 7) is 4.32. The summed E-state index contributed by atoms with van der Waals surface area (Å²) in [5, 5.41) is 2.84. The zero-order valence-corrected chi connectivity index (χ0v) is 9.13. The largest absolute Gasteiger partial charge is 0.398 e. The van der Waals surface area contributed by atoms with Gasteiger partial charge in [-0.2, -0.15) is 0 Å². The van der Waals surface area contributed by atoms with Crippen LogP contribution in [0.2, 0.25) is 0 Å². The van der Waals surface area contributed by atoms with E-state index in [1.165, 1.54) is 0 Å². The number of nitrogen functional groups attached to an aromatic ring is 1. The molecule has 1 aromatic rings. The Balaban J connectivity index is 2.35. The molecule has 1 heterocycles. The molecular formula is C12H16N2O. The van der Waals surface area contributed by atoms with Gasteiger partial charge in [0.25, 0.3) is 0 Å². The van der Waals surface area contributed by atoms with Crippen LogP contribution < -0.4 is 11.1 Å². The van der Waals surface area contributed by atoms with Crippen molar-refractivity contribution in [1.82, 2.24) is 0 Å². The van der Waals surface area contributed by atoms with Crippen LogP contribution >= 0.6 is 0 Å². The number of carbonyl (C=O) groups is 1. The fourth-order valence-corrected chi connectivity index (χ4v) is 1.96. The first-order valence-corrected chi connectivity index (χ1v) is 5.27. The lowest BCUT2D eigenvalue weighted by Gasteiger charge is -2.10. The summed E-state index contributed by atoms with van der Waals surface area (Å²) in [5.74, 6) is 0.633. The average Bonchev–Trinajstić information content (AvgIpc) is 2.44. The highest BCUT2D eigenvalue weighted by Gasteiger charge is 2.19. The van der Waals surface area contributed by atoms with E-state index >= 15 is 0 Å². The number of anilines is 2. The van der Waals surface area contributed by atoms with E-state index in [0.717, 1.165) is 28.9 Å². The summed E-state index contributed by atoms with van der Waals surface area (Å²) in [6, 6.07) is 3.93. The van der Waals surface area contributed by atoms with Crippen LogP contribution in [0.1, 0.15) is 25.0 Å². The van der Waals surface area contributed by atoms with E-state index in [9.17, 15) is 4.79 Å². The van der Waals surface area contributed by atoms with Crippen molar-refractivity contribution in [1.29, 1.82) is 0 Å². The third-order valence-electron chi connectivity index (χ3n) is 2.62. The smallest absolute Gasteiger partial charge is 0.228 e. The minimum atomic E-state index is 0.0612. The van der Waals surface area contributed by atoms with Crippen molar-refractivity contribution in [2.45, 2.75) is 26.7 Å². The minimum absolute atomic E-state index is 0.0612. The summed E-state index contributed by atoms with van der Waals surface area (Å²) in [5.41, 5.74) is 9.84. The van der Waals surface area contributed by atoms with Crippen molar-refractivity contribution < 1.29 is 4.79 Å². The molecule has 3 nitrogen and oxygen atoms in total. The molecule has 0 spiro atoms. The van der Waals surface area contributed by atoms with Gasteiger partial charge in [0.1, 0.15) is 0 Å². The number of carbonyl (C=O) groups excluding carboxylic acids is 1. The maximum absolute atomic E-state index is 11.2. The van der Waals surface area contributed by atoms with Crippen LogP contribution in [0.25, 0.3) is 0 Å². The Bertz CT molecular complexity index is 410. The normalized spacial score (nSPS) is 14.2. The summed E-state index contributed by atoms with van der Waals surface area (Å²) in [4.78, 5) is 11.2. The SMILES string of the molecule is CC(C)Cc1cc2c(cc1N)CC(=O)N2. The minimum Gasteiger partial charge on any atom is -0.398 e. The van der Waals surface area contributed by atoms with E-state index in [0.29, 0.717) is 12.3 Å². The predicted molar refractivity (Wildman–Crippen MR) is 61.7 cm³/mol. The molecule has 0 saturated carbocycles. The quantitative estimate of drug-likeness (QED) is 0.723. The summed E-state index contributed by atoms with van der Waals surface area (Å²) in [7, 11) is 0. The molecule has 0 radical (unpaired) electrons. The monoisotopic (exact) mass is 204 g/mol. The molecule has 1 amide bonds. The van der Waals surface area contributed by atoms with E-state index in [4.69, 9.17) is 5.73 Å². The molecule has 3 N–H and O–H groups in total. The van der Waals surface area contributed by atoms with Crippen molar-refractivity contribution >= 4 is 17.3 Å². The van der Waals surface area contributed by atoms with Gasteiger partial charge in [0.05, 0.1) is 6.42 Å². The van der Waals surface area contributed by atoms with E-state index in [2.05, 4.69) is 19.2 Å². The van der Waals surface area contributed by atoms with Gasteiger partial charge in [-0.05, 0) is 35.6 Å². The van der Waals surface area contributed by atoms with E-state index in [1.807, 2.05) is 12.1 Å². The molecule has 0 aromatic heterocycles. The first kappa shape index (κ1) is 10.0. The fraction of sp³-hybridized carbons (Fsp3) is 0.417. The average molecular weight is 204 g/mol. The first-order valence-electron chi connectivity index (χ1n) is 5.27. The van der Waals surface area contributed by atoms with Gasteiger partial charge in [0, 0.05) is 11.4 Å². The standard InChI is InChI=1S/C12H16N2O/c1-7(2)3-8-5-11-9(4-10(8)13)6-12(15)14-11/h4-5,7H,3,6,13H2,1-2H3,(H,14,15). The summed E-state index contributed by atoms with van der Waals surface area (Å²) < 4.78 is 0. The molecule has 3 heteroatoms. The number of hydrogen-bond donors (Lipinski definition) is 2. The molecular weight excluding hydrogens is 188 g/mol. The second-order valence-electron chi connectivity index (χ2n) is 4.53. The number of benzene rings is 1. The summed E-state index contributed by atoms with van der Waals surface area (Å²) in [6.07, 6.45) is 1.41. The number of fused-ring (bicyclic) bond motifs is 1. The molecule has 2 rings (SSSR count). The van der Waals surface area contributed by atoms with Crippen LogP contribution in [-0.4, -0.2) is 5.91 Å². The summed E-state index contributed by atoms with van der Waals surface area (Å²) >= 11 is 0. The molecule has 0 atom stereocenters. The lowest BCUT2D eigenvalue weighted by atomic mass is 9.99. The number of amides is 1. The van der Waals surface area contributed by atoms with Crippen LogP contribution in [0.5, 0.6) is 0 Å². The third-order valence-corrected chi connectivity index (χ3v) is 2.62. The topological polar surface area (TPSA) is 55.1 Å². The Hall–Kier alpha value is -1.51. The number of hydrogen-bond acceptors (Lipinski definition) is 2. The second-order valence-corrected chi connectivity index (χ2v) is 4.53. The van der Waals surface area contributed by atoms with Gasteiger partial charge in [-0.1, -0.05) is 13.8 Å². The second kappa shape index (κ2) is 3.57. The van der Waals surface area contributed by atoms with Crippen molar-refractivity contribution in [3.63, 3.8) is 0 Å². The molecule has 80 valence electrons. The molecule has 15 heavy (non-hydrogen) atoms.